The molecule has 2 aliphatic rings. The Hall–Kier alpha value is -0.130. The summed E-state index contributed by atoms with van der Waals surface area (Å²) in [5, 5.41) is 0. The number of benzene rings is 1. The molecule has 2 nitrogen and oxygen atoms in total. The fourth-order valence-corrected chi connectivity index (χ4v) is 3.60. The number of ether oxygens (including phenoxy) is 2. The van der Waals surface area contributed by atoms with E-state index in [-0.39, 0.29) is 6.29 Å². The molecule has 0 radical (unpaired) electrons. The van der Waals surface area contributed by atoms with Crippen molar-refractivity contribution in [3.63, 3.8) is 0 Å². The van der Waals surface area contributed by atoms with Crippen molar-refractivity contribution in [1.82, 2.24) is 0 Å². The van der Waals surface area contributed by atoms with Gasteiger partial charge >= 0.3 is 0 Å². The molecule has 3 heteroatoms. The third kappa shape index (κ3) is 3.50. The lowest BCUT2D eigenvalue weighted by Crippen LogP contribution is -2.34. The van der Waals surface area contributed by atoms with Crippen LogP contribution in [-0.4, -0.2) is 19.5 Å². The van der Waals surface area contributed by atoms with Crippen LogP contribution in [0, 0.1) is 9.49 Å². The lowest BCUT2D eigenvalue weighted by molar-refractivity contribution is -0.209. The summed E-state index contributed by atoms with van der Waals surface area (Å²) in [6.45, 7) is 1.75. The predicted octanol–water partition coefficient (Wildman–Crippen LogP) is 4.33. The van der Waals surface area contributed by atoms with Crippen molar-refractivity contribution < 1.29 is 9.47 Å². The van der Waals surface area contributed by atoms with E-state index in [0.717, 1.165) is 25.6 Å². The monoisotopic (exact) mass is 372 g/mol. The normalized spacial score (nSPS) is 29.3. The van der Waals surface area contributed by atoms with Crippen molar-refractivity contribution >= 4 is 22.6 Å². The van der Waals surface area contributed by atoms with E-state index in [1.165, 1.54) is 34.8 Å². The number of hydrogen-bond donors (Lipinski definition) is 0. The second kappa shape index (κ2) is 6.55. The average molecular weight is 372 g/mol. The lowest BCUT2D eigenvalue weighted by atomic mass is 9.78. The topological polar surface area (TPSA) is 18.5 Å². The molecule has 0 aromatic heterocycles. The van der Waals surface area contributed by atoms with Gasteiger partial charge in [-0.1, -0.05) is 12.1 Å². The Morgan fingerprint density at radius 1 is 0.895 bits per heavy atom. The van der Waals surface area contributed by atoms with Gasteiger partial charge in [0.2, 0.25) is 0 Å². The van der Waals surface area contributed by atoms with Crippen LogP contribution in [0.4, 0.5) is 0 Å². The summed E-state index contributed by atoms with van der Waals surface area (Å²) in [4.78, 5) is 0. The molecule has 1 aromatic rings. The smallest absolute Gasteiger partial charge is 0.160 e. The van der Waals surface area contributed by atoms with Gasteiger partial charge in [0.25, 0.3) is 0 Å². The molecule has 1 aromatic carbocycles. The van der Waals surface area contributed by atoms with Gasteiger partial charge < -0.3 is 9.47 Å². The summed E-state index contributed by atoms with van der Waals surface area (Å²) >= 11 is 2.37. The molecule has 1 aliphatic carbocycles. The number of hydrogen-bond acceptors (Lipinski definition) is 2. The summed E-state index contributed by atoms with van der Waals surface area (Å²) in [6, 6.07) is 9.02. The maximum Gasteiger partial charge on any atom is 0.160 e. The van der Waals surface area contributed by atoms with E-state index < -0.39 is 0 Å². The Morgan fingerprint density at radius 3 is 2.16 bits per heavy atom. The predicted molar refractivity (Wildman–Crippen MR) is 84.2 cm³/mol. The first-order valence-corrected chi connectivity index (χ1v) is 8.39. The van der Waals surface area contributed by atoms with E-state index in [4.69, 9.17) is 9.47 Å². The molecule has 0 atom stereocenters. The van der Waals surface area contributed by atoms with Crippen LogP contribution in [0.25, 0.3) is 0 Å². The summed E-state index contributed by atoms with van der Waals surface area (Å²) in [5.74, 6) is 1.34. The Kier molecular flexibility index (Phi) is 4.77. The van der Waals surface area contributed by atoms with Gasteiger partial charge in [0.05, 0.1) is 13.2 Å². The molecule has 1 heterocycles. The van der Waals surface area contributed by atoms with Crippen molar-refractivity contribution in [3.8, 4) is 0 Å². The van der Waals surface area contributed by atoms with Crippen LogP contribution in [0.3, 0.4) is 0 Å². The molecule has 1 saturated carbocycles. The molecule has 0 spiro atoms. The zero-order chi connectivity index (χ0) is 13.1. The van der Waals surface area contributed by atoms with Gasteiger partial charge in [-0.2, -0.15) is 0 Å². The largest absolute Gasteiger partial charge is 0.352 e. The molecule has 2 fully saturated rings. The second-order valence-electron chi connectivity index (χ2n) is 5.63. The van der Waals surface area contributed by atoms with Gasteiger partial charge in [0, 0.05) is 9.49 Å². The van der Waals surface area contributed by atoms with Gasteiger partial charge in [0.1, 0.15) is 0 Å². The van der Waals surface area contributed by atoms with Crippen LogP contribution >= 0.6 is 22.6 Å². The molecule has 1 aliphatic heterocycles. The minimum Gasteiger partial charge on any atom is -0.352 e. The highest BCUT2D eigenvalue weighted by Crippen LogP contribution is 2.38. The SMILES string of the molecule is Ic1ccc(C2CCC(C3OCCCO3)CC2)cc1. The molecule has 1 saturated heterocycles. The summed E-state index contributed by atoms with van der Waals surface area (Å²) < 4.78 is 12.8. The molecular weight excluding hydrogens is 351 g/mol. The molecule has 0 unspecified atom stereocenters. The van der Waals surface area contributed by atoms with Crippen LogP contribution in [0.15, 0.2) is 24.3 Å². The Labute approximate surface area is 129 Å². The van der Waals surface area contributed by atoms with Crippen molar-refractivity contribution in [2.24, 2.45) is 5.92 Å². The molecule has 104 valence electrons. The highest BCUT2D eigenvalue weighted by molar-refractivity contribution is 14.1. The van der Waals surface area contributed by atoms with Crippen LogP contribution in [-0.2, 0) is 9.47 Å². The fraction of sp³-hybridized carbons (Fsp3) is 0.625. The minimum atomic E-state index is 0.0754. The highest BCUT2D eigenvalue weighted by atomic mass is 127. The average Bonchev–Trinajstić information content (AvgIpc) is 2.49. The van der Waals surface area contributed by atoms with E-state index >= 15 is 0 Å². The van der Waals surface area contributed by atoms with E-state index in [0.29, 0.717) is 5.92 Å². The molecule has 0 bridgehead atoms. The first kappa shape index (κ1) is 13.8. The summed E-state index contributed by atoms with van der Waals surface area (Å²) in [6.07, 6.45) is 6.14. The van der Waals surface area contributed by atoms with Crippen LogP contribution in [0.5, 0.6) is 0 Å². The van der Waals surface area contributed by atoms with Gasteiger partial charge in [0.15, 0.2) is 6.29 Å². The first-order valence-electron chi connectivity index (χ1n) is 7.31. The van der Waals surface area contributed by atoms with Gasteiger partial charge in [-0.15, -0.1) is 0 Å². The fourth-order valence-electron chi connectivity index (χ4n) is 3.24. The van der Waals surface area contributed by atoms with Crippen molar-refractivity contribution in [2.45, 2.75) is 44.3 Å². The zero-order valence-corrected chi connectivity index (χ0v) is 13.3. The zero-order valence-electron chi connectivity index (χ0n) is 11.2. The molecule has 3 rings (SSSR count). The van der Waals surface area contributed by atoms with Crippen LogP contribution < -0.4 is 0 Å². The maximum atomic E-state index is 5.75. The number of rotatable bonds is 2. The van der Waals surface area contributed by atoms with Gasteiger partial charge in [-0.05, 0) is 78.3 Å². The van der Waals surface area contributed by atoms with Crippen LogP contribution in [0.2, 0.25) is 0 Å². The van der Waals surface area contributed by atoms with Crippen molar-refractivity contribution in [2.75, 3.05) is 13.2 Å². The number of halogens is 1. The first-order chi connectivity index (χ1) is 9.33. The van der Waals surface area contributed by atoms with E-state index in [9.17, 15) is 0 Å². The second-order valence-corrected chi connectivity index (χ2v) is 6.87. The lowest BCUT2D eigenvalue weighted by Gasteiger charge is -2.35. The third-order valence-electron chi connectivity index (χ3n) is 4.35. The minimum absolute atomic E-state index is 0.0754. The van der Waals surface area contributed by atoms with Gasteiger partial charge in [-0.3, -0.25) is 0 Å². The molecule has 0 N–H and O–H groups in total. The Bertz CT molecular complexity index is 390. The quantitative estimate of drug-likeness (QED) is 0.720. The maximum absolute atomic E-state index is 5.75. The van der Waals surface area contributed by atoms with E-state index in [2.05, 4.69) is 46.9 Å². The summed E-state index contributed by atoms with van der Waals surface area (Å²) in [5.41, 5.74) is 1.50. The standard InChI is InChI=1S/C16H21IO2/c17-15-8-6-13(7-9-15)12-2-4-14(5-3-12)16-18-10-1-11-19-16/h6-9,12,14,16H,1-5,10-11H2. The van der Waals surface area contributed by atoms with Crippen LogP contribution in [0.1, 0.15) is 43.6 Å². The molecular formula is C16H21IO2. The van der Waals surface area contributed by atoms with Crippen molar-refractivity contribution in [1.29, 1.82) is 0 Å². The summed E-state index contributed by atoms with van der Waals surface area (Å²) in [7, 11) is 0. The molecule has 0 amide bonds. The third-order valence-corrected chi connectivity index (χ3v) is 5.07. The van der Waals surface area contributed by atoms with E-state index in [1.54, 1.807) is 0 Å². The van der Waals surface area contributed by atoms with Crippen molar-refractivity contribution in [3.05, 3.63) is 33.4 Å². The van der Waals surface area contributed by atoms with Gasteiger partial charge in [-0.25, -0.2) is 0 Å². The Morgan fingerprint density at radius 2 is 1.53 bits per heavy atom. The Balaban J connectivity index is 1.55. The van der Waals surface area contributed by atoms with E-state index in [1.807, 2.05) is 0 Å². The highest BCUT2D eigenvalue weighted by Gasteiger charge is 2.30. The molecule has 19 heavy (non-hydrogen) atoms.